The Bertz CT molecular complexity index is 567. The third-order valence-electron chi connectivity index (χ3n) is 2.07. The quantitative estimate of drug-likeness (QED) is 0.668. The molecule has 0 aliphatic rings. The van der Waals surface area contributed by atoms with Gasteiger partial charge in [-0.1, -0.05) is 35.0 Å². The molecule has 3 N–H and O–H groups in total. The van der Waals surface area contributed by atoms with Crippen LogP contribution in [0, 0.1) is 0 Å². The van der Waals surface area contributed by atoms with E-state index in [0.717, 1.165) is 0 Å². The summed E-state index contributed by atoms with van der Waals surface area (Å²) in [5.74, 6) is -0.130. The van der Waals surface area contributed by atoms with Crippen molar-refractivity contribution in [2.45, 2.75) is 5.22 Å². The zero-order valence-corrected chi connectivity index (χ0v) is 11.9. The summed E-state index contributed by atoms with van der Waals surface area (Å²) in [6.45, 7) is 0. The average Bonchev–Trinajstić information content (AvgIpc) is 2.84. The van der Waals surface area contributed by atoms with Gasteiger partial charge in [-0.2, -0.15) is 0 Å². The lowest BCUT2D eigenvalue weighted by Crippen LogP contribution is -2.14. The Labute approximate surface area is 123 Å². The van der Waals surface area contributed by atoms with Crippen LogP contribution in [-0.4, -0.2) is 16.6 Å². The second-order valence-corrected chi connectivity index (χ2v) is 5.24. The molecule has 0 fully saturated rings. The van der Waals surface area contributed by atoms with Gasteiger partial charge < -0.3 is 15.5 Å². The lowest BCUT2D eigenvalue weighted by Gasteiger charge is -2.09. The molecule has 0 spiro atoms. The summed E-state index contributed by atoms with van der Waals surface area (Å²) in [5.41, 5.74) is 6.35. The third-order valence-corrected chi connectivity index (χ3v) is 3.52. The number of halogens is 2. The van der Waals surface area contributed by atoms with Crippen LogP contribution in [0.25, 0.3) is 0 Å². The molecular formula is C11H9Cl2N3O2S. The minimum absolute atomic E-state index is 0.136. The number of carbonyl (C=O) groups excluding carboxylic acids is 1. The van der Waals surface area contributed by atoms with Crippen molar-refractivity contribution >= 4 is 52.2 Å². The molecule has 0 saturated carbocycles. The first kappa shape index (κ1) is 14.0. The van der Waals surface area contributed by atoms with Gasteiger partial charge in [0.1, 0.15) is 6.26 Å². The van der Waals surface area contributed by atoms with Crippen LogP contribution in [0.4, 0.5) is 11.4 Å². The summed E-state index contributed by atoms with van der Waals surface area (Å²) >= 11 is 13.1. The molecule has 1 aromatic carbocycles. The molecule has 19 heavy (non-hydrogen) atoms. The fourth-order valence-corrected chi connectivity index (χ4v) is 2.48. The van der Waals surface area contributed by atoms with Crippen LogP contribution >= 0.6 is 35.0 Å². The summed E-state index contributed by atoms with van der Waals surface area (Å²) < 4.78 is 5.00. The number of nitrogens with zero attached hydrogens (tertiary/aromatic N) is 1. The Morgan fingerprint density at radius 1 is 1.42 bits per heavy atom. The van der Waals surface area contributed by atoms with E-state index in [1.165, 1.54) is 36.4 Å². The Balaban J connectivity index is 1.99. The number of hydrogen-bond acceptors (Lipinski definition) is 5. The smallest absolute Gasteiger partial charge is 0.256 e. The van der Waals surface area contributed by atoms with E-state index < -0.39 is 0 Å². The number of nitrogen functional groups attached to an aromatic ring is 1. The second kappa shape index (κ2) is 6.18. The van der Waals surface area contributed by atoms with Crippen molar-refractivity contribution in [3.63, 3.8) is 0 Å². The first-order chi connectivity index (χ1) is 9.06. The summed E-state index contributed by atoms with van der Waals surface area (Å²) in [7, 11) is 0. The molecule has 8 heteroatoms. The minimum atomic E-state index is -0.267. The van der Waals surface area contributed by atoms with Crippen LogP contribution < -0.4 is 11.1 Å². The maximum atomic E-state index is 11.7. The Morgan fingerprint density at radius 3 is 2.68 bits per heavy atom. The number of nitrogens with one attached hydrogen (secondary N) is 1. The van der Waals surface area contributed by atoms with Crippen LogP contribution in [-0.2, 0) is 4.79 Å². The number of hydrogen-bond donors (Lipinski definition) is 2. The van der Waals surface area contributed by atoms with Gasteiger partial charge in [0, 0.05) is 5.69 Å². The topological polar surface area (TPSA) is 81.1 Å². The van der Waals surface area contributed by atoms with Crippen LogP contribution in [0.2, 0.25) is 10.0 Å². The predicted octanol–water partition coefficient (Wildman–Crippen LogP) is 3.29. The summed E-state index contributed by atoms with van der Waals surface area (Å²) in [4.78, 5) is 15.6. The largest absolute Gasteiger partial charge is 0.440 e. The number of oxazole rings is 1. The average molecular weight is 318 g/mol. The molecule has 100 valence electrons. The number of nitrogens with two attached hydrogens (primary N) is 1. The molecule has 0 bridgehead atoms. The van der Waals surface area contributed by atoms with Gasteiger partial charge in [0.25, 0.3) is 5.22 Å². The van der Waals surface area contributed by atoms with E-state index >= 15 is 0 Å². The molecule has 0 aliphatic heterocycles. The van der Waals surface area contributed by atoms with E-state index in [1.807, 2.05) is 0 Å². The monoisotopic (exact) mass is 317 g/mol. The van der Waals surface area contributed by atoms with Gasteiger partial charge in [-0.15, -0.1) is 0 Å². The fourth-order valence-electron chi connectivity index (χ4n) is 1.30. The van der Waals surface area contributed by atoms with Gasteiger partial charge in [0.2, 0.25) is 5.91 Å². The molecule has 0 unspecified atom stereocenters. The minimum Gasteiger partial charge on any atom is -0.440 e. The highest BCUT2D eigenvalue weighted by atomic mass is 35.5. The van der Waals surface area contributed by atoms with Crippen LogP contribution in [0.3, 0.4) is 0 Å². The van der Waals surface area contributed by atoms with E-state index in [-0.39, 0.29) is 11.7 Å². The summed E-state index contributed by atoms with van der Waals surface area (Å²) in [5, 5.41) is 3.62. The van der Waals surface area contributed by atoms with Crippen molar-refractivity contribution in [1.82, 2.24) is 4.98 Å². The molecule has 0 saturated heterocycles. The summed E-state index contributed by atoms with van der Waals surface area (Å²) in [6, 6.07) is 3.04. The highest BCUT2D eigenvalue weighted by molar-refractivity contribution is 7.99. The van der Waals surface area contributed by atoms with E-state index in [2.05, 4.69) is 10.3 Å². The zero-order chi connectivity index (χ0) is 13.8. The SMILES string of the molecule is Nc1cc(Cl)c(NC(=O)CSc2ncco2)c(Cl)c1. The molecule has 0 atom stereocenters. The van der Waals surface area contributed by atoms with Crippen LogP contribution in [0.5, 0.6) is 0 Å². The van der Waals surface area contributed by atoms with Gasteiger partial charge in [-0.3, -0.25) is 4.79 Å². The van der Waals surface area contributed by atoms with Gasteiger partial charge in [-0.25, -0.2) is 4.98 Å². The first-order valence-electron chi connectivity index (χ1n) is 5.13. The van der Waals surface area contributed by atoms with Gasteiger partial charge >= 0.3 is 0 Å². The normalized spacial score (nSPS) is 10.4. The molecular weight excluding hydrogens is 309 g/mol. The lowest BCUT2D eigenvalue weighted by molar-refractivity contribution is -0.113. The predicted molar refractivity (Wildman–Crippen MR) is 76.7 cm³/mol. The van der Waals surface area contributed by atoms with Crippen LogP contribution in [0.1, 0.15) is 0 Å². The molecule has 2 rings (SSSR count). The molecule has 1 heterocycles. The maximum absolute atomic E-state index is 11.7. The number of benzene rings is 1. The van der Waals surface area contributed by atoms with Gasteiger partial charge in [0.05, 0.1) is 27.7 Å². The van der Waals surface area contributed by atoms with Crippen molar-refractivity contribution in [1.29, 1.82) is 0 Å². The zero-order valence-electron chi connectivity index (χ0n) is 9.52. The van der Waals surface area contributed by atoms with Crippen molar-refractivity contribution in [2.75, 3.05) is 16.8 Å². The fraction of sp³-hybridized carbons (Fsp3) is 0.0909. The Morgan fingerprint density at radius 2 is 2.11 bits per heavy atom. The highest BCUT2D eigenvalue weighted by Gasteiger charge is 2.12. The van der Waals surface area contributed by atoms with Crippen molar-refractivity contribution in [3.05, 3.63) is 34.6 Å². The third kappa shape index (κ3) is 3.79. The van der Waals surface area contributed by atoms with Crippen molar-refractivity contribution < 1.29 is 9.21 Å². The molecule has 1 amide bonds. The number of thioether (sulfide) groups is 1. The molecule has 0 radical (unpaired) electrons. The Kier molecular flexibility index (Phi) is 4.57. The maximum Gasteiger partial charge on any atom is 0.256 e. The summed E-state index contributed by atoms with van der Waals surface area (Å²) in [6.07, 6.45) is 2.95. The molecule has 2 aromatic rings. The highest BCUT2D eigenvalue weighted by Crippen LogP contribution is 2.33. The molecule has 5 nitrogen and oxygen atoms in total. The van der Waals surface area contributed by atoms with E-state index in [4.69, 9.17) is 33.4 Å². The Hall–Kier alpha value is -1.37. The second-order valence-electron chi connectivity index (χ2n) is 3.49. The van der Waals surface area contributed by atoms with E-state index in [1.54, 1.807) is 0 Å². The number of amides is 1. The van der Waals surface area contributed by atoms with E-state index in [9.17, 15) is 4.79 Å². The van der Waals surface area contributed by atoms with Crippen LogP contribution in [0.15, 0.2) is 34.2 Å². The number of anilines is 2. The number of carbonyl (C=O) groups is 1. The van der Waals surface area contributed by atoms with Gasteiger partial charge in [0.15, 0.2) is 0 Å². The van der Waals surface area contributed by atoms with Crippen molar-refractivity contribution in [3.8, 4) is 0 Å². The number of rotatable bonds is 4. The standard InChI is InChI=1S/C11H9Cl2N3O2S/c12-7-3-6(14)4-8(13)10(7)16-9(17)5-19-11-15-1-2-18-11/h1-4H,5,14H2,(H,16,17). The molecule has 1 aromatic heterocycles. The van der Waals surface area contributed by atoms with Crippen molar-refractivity contribution in [2.24, 2.45) is 0 Å². The lowest BCUT2D eigenvalue weighted by atomic mass is 10.3. The van der Waals surface area contributed by atoms with Gasteiger partial charge in [-0.05, 0) is 12.1 Å². The number of aromatic nitrogens is 1. The molecule has 0 aliphatic carbocycles. The first-order valence-corrected chi connectivity index (χ1v) is 6.87. The van der Waals surface area contributed by atoms with E-state index in [0.29, 0.717) is 26.6 Å².